The molecule has 1 heterocycles. The van der Waals surface area contributed by atoms with E-state index in [0.717, 1.165) is 11.1 Å². The topological polar surface area (TPSA) is 67.9 Å². The van der Waals surface area contributed by atoms with Crippen LogP contribution < -0.4 is 14.8 Å². The summed E-state index contributed by atoms with van der Waals surface area (Å²) in [6.45, 7) is 4.73. The number of carbonyl (C=O) groups is 2. The van der Waals surface area contributed by atoms with E-state index >= 15 is 0 Å². The highest BCUT2D eigenvalue weighted by atomic mass is 35.5. The molecule has 0 spiro atoms. The van der Waals surface area contributed by atoms with Gasteiger partial charge in [0.15, 0.2) is 11.5 Å². The minimum absolute atomic E-state index is 0.109. The number of amides is 2. The van der Waals surface area contributed by atoms with E-state index in [9.17, 15) is 9.59 Å². The number of likely N-dealkylation sites (N-methyl/N-ethyl adjacent to an activating group) is 1. The van der Waals surface area contributed by atoms with E-state index in [1.165, 1.54) is 0 Å². The molecule has 0 radical (unpaired) electrons. The predicted octanol–water partition coefficient (Wildman–Crippen LogP) is 4.60. The number of aryl methyl sites for hydroxylation is 1. The Morgan fingerprint density at radius 2 is 1.77 bits per heavy atom. The van der Waals surface area contributed by atoms with Gasteiger partial charge in [-0.05, 0) is 55.2 Å². The van der Waals surface area contributed by atoms with Gasteiger partial charge in [-0.1, -0.05) is 42.3 Å². The molecular formula is C23H26Cl2N2O4. The third-order valence-corrected chi connectivity index (χ3v) is 5.88. The molecule has 2 aromatic rings. The van der Waals surface area contributed by atoms with E-state index in [4.69, 9.17) is 32.7 Å². The van der Waals surface area contributed by atoms with Gasteiger partial charge in [0.25, 0.3) is 0 Å². The van der Waals surface area contributed by atoms with Gasteiger partial charge in [-0.15, -0.1) is 0 Å². The molecule has 0 saturated carbocycles. The smallest absolute Gasteiger partial charge is 0.242 e. The van der Waals surface area contributed by atoms with E-state index in [-0.39, 0.29) is 31.6 Å². The lowest BCUT2D eigenvalue weighted by Gasteiger charge is -2.30. The molecule has 1 atom stereocenters. The van der Waals surface area contributed by atoms with Gasteiger partial charge in [0.05, 0.1) is 10.0 Å². The molecular weight excluding hydrogens is 439 g/mol. The lowest BCUT2D eigenvalue weighted by Crippen LogP contribution is -2.49. The second-order valence-corrected chi connectivity index (χ2v) is 8.09. The third kappa shape index (κ3) is 5.83. The first kappa shape index (κ1) is 23.2. The minimum Gasteiger partial charge on any atom is -0.454 e. The summed E-state index contributed by atoms with van der Waals surface area (Å²) in [5.41, 5.74) is 1.78. The Hall–Kier alpha value is -2.44. The molecule has 2 amide bonds. The fourth-order valence-corrected chi connectivity index (χ4v) is 3.86. The first-order chi connectivity index (χ1) is 14.9. The number of fused-ring (bicyclic) bond motifs is 1. The number of benzene rings is 2. The van der Waals surface area contributed by atoms with Crippen LogP contribution in [0.2, 0.25) is 10.0 Å². The zero-order valence-corrected chi connectivity index (χ0v) is 19.1. The van der Waals surface area contributed by atoms with Crippen LogP contribution in [0.25, 0.3) is 0 Å². The third-order valence-electron chi connectivity index (χ3n) is 5.14. The number of hydrogen-bond donors (Lipinski definition) is 1. The van der Waals surface area contributed by atoms with Crippen molar-refractivity contribution in [3.05, 3.63) is 57.6 Å². The lowest BCUT2D eigenvalue weighted by molar-refractivity contribution is -0.141. The molecule has 166 valence electrons. The Morgan fingerprint density at radius 3 is 2.48 bits per heavy atom. The second kappa shape index (κ2) is 10.7. The van der Waals surface area contributed by atoms with Crippen LogP contribution in [-0.4, -0.2) is 36.1 Å². The lowest BCUT2D eigenvalue weighted by atomic mass is 10.1. The van der Waals surface area contributed by atoms with Crippen LogP contribution in [-0.2, 0) is 22.6 Å². The van der Waals surface area contributed by atoms with E-state index in [0.29, 0.717) is 40.9 Å². The molecule has 0 aromatic heterocycles. The number of nitrogens with zero attached hydrogens (tertiary/aromatic N) is 1. The Labute approximate surface area is 192 Å². The molecule has 0 bridgehead atoms. The number of nitrogens with one attached hydrogen (secondary N) is 1. The number of rotatable bonds is 9. The zero-order valence-electron chi connectivity index (χ0n) is 17.6. The maximum Gasteiger partial charge on any atom is 0.242 e. The summed E-state index contributed by atoms with van der Waals surface area (Å²) in [6, 6.07) is 10.3. The molecule has 0 saturated heterocycles. The van der Waals surface area contributed by atoms with Gasteiger partial charge in [0, 0.05) is 19.5 Å². The average Bonchev–Trinajstić information content (AvgIpc) is 3.22. The summed E-state index contributed by atoms with van der Waals surface area (Å²) in [4.78, 5) is 27.5. The highest BCUT2D eigenvalue weighted by molar-refractivity contribution is 6.42. The van der Waals surface area contributed by atoms with Crippen LogP contribution in [0.4, 0.5) is 0 Å². The van der Waals surface area contributed by atoms with E-state index in [2.05, 4.69) is 5.32 Å². The normalized spacial score (nSPS) is 13.0. The second-order valence-electron chi connectivity index (χ2n) is 7.28. The summed E-state index contributed by atoms with van der Waals surface area (Å²) in [6.07, 6.45) is 1.29. The summed E-state index contributed by atoms with van der Waals surface area (Å²) in [5, 5.41) is 3.69. The maximum atomic E-state index is 13.2. The molecule has 1 N–H and O–H groups in total. The molecule has 6 nitrogen and oxygen atoms in total. The van der Waals surface area contributed by atoms with Crippen molar-refractivity contribution in [1.82, 2.24) is 10.2 Å². The molecule has 3 rings (SSSR count). The number of hydrogen-bond acceptors (Lipinski definition) is 4. The molecule has 1 unspecified atom stereocenters. The molecule has 2 aromatic carbocycles. The van der Waals surface area contributed by atoms with Gasteiger partial charge in [-0.2, -0.15) is 0 Å². The standard InChI is InChI=1S/C23H26Cl2N2O4/c1-3-19(23(29)26-4-2)27(13-16-5-8-17(24)18(25)11-16)22(28)10-7-15-6-9-20-21(12-15)31-14-30-20/h5-6,8-9,11-12,19H,3-4,7,10,13-14H2,1-2H3,(H,26,29). The number of ether oxygens (including phenoxy) is 2. The predicted molar refractivity (Wildman–Crippen MR) is 121 cm³/mol. The maximum absolute atomic E-state index is 13.2. The minimum atomic E-state index is -0.571. The van der Waals surface area contributed by atoms with Crippen LogP contribution in [0, 0.1) is 0 Å². The number of carbonyl (C=O) groups excluding carboxylic acids is 2. The van der Waals surface area contributed by atoms with Crippen LogP contribution in [0.1, 0.15) is 37.8 Å². The SMILES string of the molecule is CCNC(=O)C(CC)N(Cc1ccc(Cl)c(Cl)c1)C(=O)CCc1ccc2c(c1)OCO2. The van der Waals surface area contributed by atoms with Crippen molar-refractivity contribution in [2.24, 2.45) is 0 Å². The van der Waals surface area contributed by atoms with Gasteiger partial charge < -0.3 is 19.7 Å². The van der Waals surface area contributed by atoms with Gasteiger partial charge in [0.1, 0.15) is 6.04 Å². The Bertz CT molecular complexity index is 951. The van der Waals surface area contributed by atoms with Crippen LogP contribution >= 0.6 is 23.2 Å². The van der Waals surface area contributed by atoms with E-state index < -0.39 is 6.04 Å². The van der Waals surface area contributed by atoms with Crippen molar-refractivity contribution >= 4 is 35.0 Å². The van der Waals surface area contributed by atoms with Crippen LogP contribution in [0.15, 0.2) is 36.4 Å². The van der Waals surface area contributed by atoms with Gasteiger partial charge in [-0.25, -0.2) is 0 Å². The van der Waals surface area contributed by atoms with Gasteiger partial charge >= 0.3 is 0 Å². The molecule has 0 fully saturated rings. The summed E-state index contributed by atoms with van der Waals surface area (Å²) >= 11 is 12.2. The van der Waals surface area contributed by atoms with Crippen molar-refractivity contribution in [1.29, 1.82) is 0 Å². The van der Waals surface area contributed by atoms with Crippen molar-refractivity contribution in [2.75, 3.05) is 13.3 Å². The van der Waals surface area contributed by atoms with Gasteiger partial charge in [-0.3, -0.25) is 9.59 Å². The Morgan fingerprint density at radius 1 is 1.03 bits per heavy atom. The van der Waals surface area contributed by atoms with E-state index in [1.807, 2.05) is 38.1 Å². The largest absolute Gasteiger partial charge is 0.454 e. The average molecular weight is 465 g/mol. The highest BCUT2D eigenvalue weighted by Gasteiger charge is 2.28. The fraction of sp³-hybridized carbons (Fsp3) is 0.391. The Balaban J connectivity index is 1.77. The first-order valence-electron chi connectivity index (χ1n) is 10.3. The Kier molecular flexibility index (Phi) is 8.04. The van der Waals surface area contributed by atoms with E-state index in [1.54, 1.807) is 17.0 Å². The van der Waals surface area contributed by atoms with Crippen molar-refractivity contribution in [3.63, 3.8) is 0 Å². The zero-order chi connectivity index (χ0) is 22.4. The van der Waals surface area contributed by atoms with Crippen molar-refractivity contribution < 1.29 is 19.1 Å². The highest BCUT2D eigenvalue weighted by Crippen LogP contribution is 2.33. The summed E-state index contributed by atoms with van der Waals surface area (Å²) in [7, 11) is 0. The summed E-state index contributed by atoms with van der Waals surface area (Å²) < 4.78 is 10.7. The molecule has 0 aliphatic carbocycles. The van der Waals surface area contributed by atoms with Gasteiger partial charge in [0.2, 0.25) is 18.6 Å². The quantitative estimate of drug-likeness (QED) is 0.588. The van der Waals surface area contributed by atoms with Crippen molar-refractivity contribution in [3.8, 4) is 11.5 Å². The first-order valence-corrected chi connectivity index (χ1v) is 11.1. The molecule has 8 heteroatoms. The monoisotopic (exact) mass is 464 g/mol. The van der Waals surface area contributed by atoms with Crippen molar-refractivity contribution in [2.45, 2.75) is 45.7 Å². The fourth-order valence-electron chi connectivity index (χ4n) is 3.54. The van der Waals surface area contributed by atoms with Crippen LogP contribution in [0.5, 0.6) is 11.5 Å². The van der Waals surface area contributed by atoms with Crippen LogP contribution in [0.3, 0.4) is 0 Å². The summed E-state index contributed by atoms with van der Waals surface area (Å²) in [5.74, 6) is 1.12. The number of halogens is 2. The molecule has 31 heavy (non-hydrogen) atoms. The molecule has 1 aliphatic rings. The molecule has 1 aliphatic heterocycles.